The van der Waals surface area contributed by atoms with Crippen LogP contribution in [-0.4, -0.2) is 18.0 Å². The second kappa shape index (κ2) is 5.39. The van der Waals surface area contributed by atoms with Gasteiger partial charge in [-0.3, -0.25) is 4.90 Å². The zero-order valence-corrected chi connectivity index (χ0v) is 11.1. The van der Waals surface area contributed by atoms with Crippen molar-refractivity contribution in [1.82, 2.24) is 4.90 Å². The summed E-state index contributed by atoms with van der Waals surface area (Å²) < 4.78 is 0. The summed E-state index contributed by atoms with van der Waals surface area (Å²) in [6.45, 7) is 4.58. The van der Waals surface area contributed by atoms with Crippen molar-refractivity contribution in [3.05, 3.63) is 33.8 Å². The van der Waals surface area contributed by atoms with Gasteiger partial charge in [0.25, 0.3) is 0 Å². The van der Waals surface area contributed by atoms with Crippen molar-refractivity contribution in [2.75, 3.05) is 13.1 Å². The molecule has 0 spiro atoms. The predicted octanol–water partition coefficient (Wildman–Crippen LogP) is 4.54. The largest absolute Gasteiger partial charge is 0.297 e. The fourth-order valence-corrected chi connectivity index (χ4v) is 2.91. The quantitative estimate of drug-likeness (QED) is 0.752. The predicted molar refractivity (Wildman–Crippen MR) is 70.3 cm³/mol. The van der Waals surface area contributed by atoms with E-state index in [1.807, 2.05) is 18.2 Å². The van der Waals surface area contributed by atoms with E-state index in [0.717, 1.165) is 5.02 Å². The fourth-order valence-electron chi connectivity index (χ4n) is 2.34. The van der Waals surface area contributed by atoms with Crippen LogP contribution in [0.3, 0.4) is 0 Å². The molecule has 1 aromatic carbocycles. The summed E-state index contributed by atoms with van der Waals surface area (Å²) in [5.74, 6) is 0. The lowest BCUT2D eigenvalue weighted by Gasteiger charge is -2.33. The Hall–Kier alpha value is -0.240. The molecule has 1 atom stereocenters. The molecule has 0 radical (unpaired) electrons. The molecule has 1 aliphatic heterocycles. The first kappa shape index (κ1) is 12.2. The summed E-state index contributed by atoms with van der Waals surface area (Å²) in [5, 5.41) is 1.49. The molecule has 1 aromatic rings. The third kappa shape index (κ3) is 2.71. The molecule has 0 saturated carbocycles. The van der Waals surface area contributed by atoms with Crippen molar-refractivity contribution >= 4 is 23.2 Å². The number of hydrogen-bond acceptors (Lipinski definition) is 1. The number of halogens is 2. The minimum atomic E-state index is 0.394. The van der Waals surface area contributed by atoms with Crippen molar-refractivity contribution in [1.29, 1.82) is 0 Å². The summed E-state index contributed by atoms with van der Waals surface area (Å²) in [6, 6.07) is 6.19. The molecule has 0 aromatic heterocycles. The van der Waals surface area contributed by atoms with Crippen LogP contribution in [0.15, 0.2) is 18.2 Å². The highest BCUT2D eigenvalue weighted by Crippen LogP contribution is 2.31. The van der Waals surface area contributed by atoms with Gasteiger partial charge in [-0.2, -0.15) is 0 Å². The maximum absolute atomic E-state index is 6.23. The smallest absolute Gasteiger partial charge is 0.0468 e. The second-order valence-corrected chi connectivity index (χ2v) is 5.28. The Labute approximate surface area is 107 Å². The van der Waals surface area contributed by atoms with Gasteiger partial charge >= 0.3 is 0 Å². The number of nitrogens with zero attached hydrogens (tertiary/aromatic N) is 1. The number of rotatable bonds is 2. The Bertz CT molecular complexity index is 359. The molecule has 1 fully saturated rings. The first-order valence-electron chi connectivity index (χ1n) is 5.87. The molecule has 3 heteroatoms. The van der Waals surface area contributed by atoms with Crippen LogP contribution in [0.2, 0.25) is 10.0 Å². The average molecular weight is 258 g/mol. The third-order valence-corrected chi connectivity index (χ3v) is 3.91. The summed E-state index contributed by atoms with van der Waals surface area (Å²) in [6.07, 6.45) is 3.96. The lowest BCUT2D eigenvalue weighted by atomic mass is 10.0. The topological polar surface area (TPSA) is 3.24 Å². The molecular weight excluding hydrogens is 241 g/mol. The number of hydrogen-bond donors (Lipinski definition) is 0. The van der Waals surface area contributed by atoms with Gasteiger partial charge in [-0.05, 0) is 50.6 Å². The van der Waals surface area contributed by atoms with E-state index < -0.39 is 0 Å². The SMILES string of the molecule is CC(c1ccc(Cl)cc1Cl)N1CCCCC1. The molecule has 88 valence electrons. The van der Waals surface area contributed by atoms with Crippen LogP contribution in [-0.2, 0) is 0 Å². The highest BCUT2D eigenvalue weighted by molar-refractivity contribution is 6.35. The molecule has 16 heavy (non-hydrogen) atoms. The van der Waals surface area contributed by atoms with Gasteiger partial charge in [0.1, 0.15) is 0 Å². The zero-order valence-electron chi connectivity index (χ0n) is 9.55. The molecule has 1 saturated heterocycles. The van der Waals surface area contributed by atoms with Crippen LogP contribution in [0.25, 0.3) is 0 Å². The van der Waals surface area contributed by atoms with Crippen molar-refractivity contribution in [2.45, 2.75) is 32.2 Å². The summed E-state index contributed by atoms with van der Waals surface area (Å²) >= 11 is 12.1. The van der Waals surface area contributed by atoms with Gasteiger partial charge in [-0.25, -0.2) is 0 Å². The average Bonchev–Trinajstić information content (AvgIpc) is 2.29. The van der Waals surface area contributed by atoms with Gasteiger partial charge < -0.3 is 0 Å². The Kier molecular flexibility index (Phi) is 4.12. The molecule has 0 aliphatic carbocycles. The normalized spacial score (nSPS) is 19.7. The van der Waals surface area contributed by atoms with Crippen molar-refractivity contribution in [3.63, 3.8) is 0 Å². The standard InChI is InChI=1S/C13H17Cl2N/c1-10(16-7-3-2-4-8-16)12-6-5-11(14)9-13(12)15/h5-6,9-10H,2-4,7-8H2,1H3. The van der Waals surface area contributed by atoms with Crippen LogP contribution >= 0.6 is 23.2 Å². The molecule has 1 unspecified atom stereocenters. The van der Waals surface area contributed by atoms with Gasteiger partial charge in [-0.1, -0.05) is 35.7 Å². The monoisotopic (exact) mass is 257 g/mol. The van der Waals surface area contributed by atoms with Gasteiger partial charge in [0, 0.05) is 16.1 Å². The number of piperidine rings is 1. The van der Waals surface area contributed by atoms with Gasteiger partial charge in [0.15, 0.2) is 0 Å². The van der Waals surface area contributed by atoms with Crippen molar-refractivity contribution in [2.24, 2.45) is 0 Å². The maximum atomic E-state index is 6.23. The van der Waals surface area contributed by atoms with E-state index in [1.54, 1.807) is 0 Å². The Balaban J connectivity index is 2.15. The van der Waals surface area contributed by atoms with E-state index >= 15 is 0 Å². The second-order valence-electron chi connectivity index (χ2n) is 4.44. The van der Waals surface area contributed by atoms with Gasteiger partial charge in [0.05, 0.1) is 0 Å². The summed E-state index contributed by atoms with van der Waals surface area (Å²) in [4.78, 5) is 2.50. The number of likely N-dealkylation sites (tertiary alicyclic amines) is 1. The molecule has 1 nitrogen and oxygen atoms in total. The van der Waals surface area contributed by atoms with E-state index in [1.165, 1.54) is 37.9 Å². The first-order valence-corrected chi connectivity index (χ1v) is 6.63. The van der Waals surface area contributed by atoms with Crippen LogP contribution in [0.5, 0.6) is 0 Å². The van der Waals surface area contributed by atoms with E-state index in [4.69, 9.17) is 23.2 Å². The van der Waals surface area contributed by atoms with E-state index in [0.29, 0.717) is 11.1 Å². The molecule has 1 heterocycles. The maximum Gasteiger partial charge on any atom is 0.0468 e. The molecule has 0 N–H and O–H groups in total. The molecule has 2 rings (SSSR count). The van der Waals surface area contributed by atoms with Gasteiger partial charge in [-0.15, -0.1) is 0 Å². The number of benzene rings is 1. The molecule has 0 amide bonds. The molecule has 1 aliphatic rings. The fraction of sp³-hybridized carbons (Fsp3) is 0.538. The van der Waals surface area contributed by atoms with Crippen molar-refractivity contribution < 1.29 is 0 Å². The Morgan fingerprint density at radius 2 is 1.81 bits per heavy atom. The lowest BCUT2D eigenvalue weighted by molar-refractivity contribution is 0.175. The summed E-state index contributed by atoms with van der Waals surface area (Å²) in [5.41, 5.74) is 1.19. The molecule has 0 bridgehead atoms. The third-order valence-electron chi connectivity index (χ3n) is 3.35. The Morgan fingerprint density at radius 1 is 1.12 bits per heavy atom. The zero-order chi connectivity index (χ0) is 11.5. The van der Waals surface area contributed by atoms with Crippen molar-refractivity contribution in [3.8, 4) is 0 Å². The lowest BCUT2D eigenvalue weighted by Crippen LogP contribution is -2.32. The first-order chi connectivity index (χ1) is 7.68. The van der Waals surface area contributed by atoms with Crippen LogP contribution < -0.4 is 0 Å². The highest BCUT2D eigenvalue weighted by atomic mass is 35.5. The Morgan fingerprint density at radius 3 is 2.44 bits per heavy atom. The van der Waals surface area contributed by atoms with Crippen LogP contribution in [0.4, 0.5) is 0 Å². The minimum absolute atomic E-state index is 0.394. The van der Waals surface area contributed by atoms with E-state index in [-0.39, 0.29) is 0 Å². The van der Waals surface area contributed by atoms with Crippen LogP contribution in [0, 0.1) is 0 Å². The minimum Gasteiger partial charge on any atom is -0.297 e. The highest BCUT2D eigenvalue weighted by Gasteiger charge is 2.19. The van der Waals surface area contributed by atoms with Gasteiger partial charge in [0.2, 0.25) is 0 Å². The van der Waals surface area contributed by atoms with Crippen LogP contribution in [0.1, 0.15) is 37.8 Å². The van der Waals surface area contributed by atoms with E-state index in [9.17, 15) is 0 Å². The van der Waals surface area contributed by atoms with E-state index in [2.05, 4.69) is 11.8 Å². The molecular formula is C13H17Cl2N. The summed E-state index contributed by atoms with van der Waals surface area (Å²) in [7, 11) is 0.